The first-order chi connectivity index (χ1) is 12.7. The second-order valence-electron chi connectivity index (χ2n) is 6.54. The molecule has 3 rings (SSSR count). The van der Waals surface area contributed by atoms with E-state index in [0.29, 0.717) is 12.5 Å². The number of nitrogens with one attached hydrogen (secondary N) is 1. The molecule has 1 N–H and O–H groups in total. The molecule has 0 radical (unpaired) electrons. The van der Waals surface area contributed by atoms with Crippen molar-refractivity contribution in [2.75, 3.05) is 13.7 Å². The lowest BCUT2D eigenvalue weighted by Gasteiger charge is -2.23. The smallest absolute Gasteiger partial charge is 0.149 e. The van der Waals surface area contributed by atoms with Gasteiger partial charge in [-0.15, -0.1) is 0 Å². The van der Waals surface area contributed by atoms with Crippen LogP contribution in [0.4, 0.5) is 0 Å². The van der Waals surface area contributed by atoms with Crippen LogP contribution >= 0.6 is 15.9 Å². The number of halogens is 1. The molecule has 0 bridgehead atoms. The lowest BCUT2D eigenvalue weighted by Crippen LogP contribution is -2.31. The molecule has 2 aromatic carbocycles. The monoisotopic (exact) mass is 415 g/mol. The van der Waals surface area contributed by atoms with Crippen molar-refractivity contribution >= 4 is 22.0 Å². The fourth-order valence-corrected chi connectivity index (χ4v) is 3.55. The van der Waals surface area contributed by atoms with E-state index in [1.807, 2.05) is 31.3 Å². The van der Waals surface area contributed by atoms with Crippen LogP contribution in [0.2, 0.25) is 0 Å². The molecule has 3 nitrogen and oxygen atoms in total. The molecule has 2 aromatic rings. The quantitative estimate of drug-likeness (QED) is 0.556. The SMILES string of the molecule is CCC(CCC(NC)Oc1ccc2c(c1)OCC=C2)c1ccc(Br)cc1. The molecule has 0 aromatic heterocycles. The Labute approximate surface area is 164 Å². The van der Waals surface area contributed by atoms with E-state index in [2.05, 4.69) is 58.5 Å². The molecule has 2 unspecified atom stereocenters. The van der Waals surface area contributed by atoms with Crippen molar-refractivity contribution in [1.82, 2.24) is 5.32 Å². The van der Waals surface area contributed by atoms with Crippen molar-refractivity contribution in [2.45, 2.75) is 38.3 Å². The molecule has 0 spiro atoms. The van der Waals surface area contributed by atoms with E-state index in [4.69, 9.17) is 9.47 Å². The molecule has 1 heterocycles. The number of hydrogen-bond acceptors (Lipinski definition) is 3. The summed E-state index contributed by atoms with van der Waals surface area (Å²) in [6, 6.07) is 14.7. The molecule has 26 heavy (non-hydrogen) atoms. The maximum Gasteiger partial charge on any atom is 0.149 e. The summed E-state index contributed by atoms with van der Waals surface area (Å²) < 4.78 is 13.0. The zero-order valence-electron chi connectivity index (χ0n) is 15.4. The van der Waals surface area contributed by atoms with Gasteiger partial charge in [-0.05, 0) is 68.1 Å². The first-order valence-corrected chi connectivity index (χ1v) is 10.0. The number of hydrogen-bond donors (Lipinski definition) is 1. The zero-order chi connectivity index (χ0) is 18.4. The highest BCUT2D eigenvalue weighted by atomic mass is 79.9. The van der Waals surface area contributed by atoms with Crippen molar-refractivity contribution in [1.29, 1.82) is 0 Å². The standard InChI is InChI=1S/C22H26BrNO2/c1-3-16(17-6-10-19(23)11-7-17)9-13-22(24-2)26-20-12-8-18-5-4-14-25-21(18)15-20/h4-8,10-12,15-16,22,24H,3,9,13-14H2,1-2H3. The van der Waals surface area contributed by atoms with E-state index in [0.717, 1.165) is 40.8 Å². The normalized spacial score (nSPS) is 15.0. The Balaban J connectivity index is 1.60. The van der Waals surface area contributed by atoms with Crippen molar-refractivity contribution in [2.24, 2.45) is 0 Å². The van der Waals surface area contributed by atoms with Gasteiger partial charge in [0.05, 0.1) is 0 Å². The van der Waals surface area contributed by atoms with E-state index < -0.39 is 0 Å². The maximum atomic E-state index is 6.16. The van der Waals surface area contributed by atoms with Crippen LogP contribution in [0.15, 0.2) is 53.0 Å². The second-order valence-corrected chi connectivity index (χ2v) is 7.46. The van der Waals surface area contributed by atoms with E-state index in [9.17, 15) is 0 Å². The van der Waals surface area contributed by atoms with Crippen LogP contribution in [-0.2, 0) is 0 Å². The van der Waals surface area contributed by atoms with Crippen LogP contribution in [0, 0.1) is 0 Å². The average molecular weight is 416 g/mol. The molecule has 2 atom stereocenters. The van der Waals surface area contributed by atoms with Crippen LogP contribution < -0.4 is 14.8 Å². The van der Waals surface area contributed by atoms with E-state index >= 15 is 0 Å². The van der Waals surface area contributed by atoms with E-state index in [-0.39, 0.29) is 6.23 Å². The second kappa shape index (κ2) is 9.24. The van der Waals surface area contributed by atoms with Gasteiger partial charge in [0.15, 0.2) is 0 Å². The Hall–Kier alpha value is -1.78. The van der Waals surface area contributed by atoms with Gasteiger partial charge in [-0.3, -0.25) is 5.32 Å². The molecule has 138 valence electrons. The van der Waals surface area contributed by atoms with Crippen molar-refractivity contribution in [3.63, 3.8) is 0 Å². The van der Waals surface area contributed by atoms with E-state index in [1.54, 1.807) is 0 Å². The minimum Gasteiger partial charge on any atom is -0.489 e. The Morgan fingerprint density at radius 1 is 1.15 bits per heavy atom. The highest BCUT2D eigenvalue weighted by Gasteiger charge is 2.15. The van der Waals surface area contributed by atoms with Crippen LogP contribution in [-0.4, -0.2) is 19.9 Å². The van der Waals surface area contributed by atoms with Crippen molar-refractivity contribution in [3.05, 3.63) is 64.1 Å². The molecular weight excluding hydrogens is 390 g/mol. The van der Waals surface area contributed by atoms with Crippen LogP contribution in [0.5, 0.6) is 11.5 Å². The number of ether oxygens (including phenoxy) is 2. The Morgan fingerprint density at radius 2 is 1.96 bits per heavy atom. The Kier molecular flexibility index (Phi) is 6.75. The molecule has 0 amide bonds. The Morgan fingerprint density at radius 3 is 2.69 bits per heavy atom. The summed E-state index contributed by atoms with van der Waals surface area (Å²) in [7, 11) is 1.95. The summed E-state index contributed by atoms with van der Waals surface area (Å²) in [4.78, 5) is 0. The topological polar surface area (TPSA) is 30.5 Å². The molecule has 0 saturated heterocycles. The molecule has 1 aliphatic rings. The first-order valence-electron chi connectivity index (χ1n) is 9.22. The van der Waals surface area contributed by atoms with Crippen molar-refractivity contribution in [3.8, 4) is 11.5 Å². The summed E-state index contributed by atoms with van der Waals surface area (Å²) >= 11 is 3.51. The van der Waals surface area contributed by atoms with Crippen LogP contribution in [0.25, 0.3) is 6.08 Å². The van der Waals surface area contributed by atoms with Gasteiger partial charge in [-0.1, -0.05) is 41.1 Å². The van der Waals surface area contributed by atoms with Gasteiger partial charge >= 0.3 is 0 Å². The molecule has 4 heteroatoms. The molecular formula is C22H26BrNO2. The summed E-state index contributed by atoms with van der Waals surface area (Å²) in [6.45, 7) is 2.87. The Bertz CT molecular complexity index is 742. The van der Waals surface area contributed by atoms with E-state index in [1.165, 1.54) is 5.56 Å². The lowest BCUT2D eigenvalue weighted by molar-refractivity contribution is 0.157. The third-order valence-corrected chi connectivity index (χ3v) is 5.36. The number of benzene rings is 2. The summed E-state index contributed by atoms with van der Waals surface area (Å²) in [6.07, 6.45) is 7.24. The predicted molar refractivity (Wildman–Crippen MR) is 111 cm³/mol. The fourth-order valence-electron chi connectivity index (χ4n) is 3.28. The highest BCUT2D eigenvalue weighted by Crippen LogP contribution is 2.30. The lowest BCUT2D eigenvalue weighted by atomic mass is 9.91. The van der Waals surface area contributed by atoms with Crippen LogP contribution in [0.3, 0.4) is 0 Å². The van der Waals surface area contributed by atoms with Crippen molar-refractivity contribution < 1.29 is 9.47 Å². The highest BCUT2D eigenvalue weighted by molar-refractivity contribution is 9.10. The van der Waals surface area contributed by atoms with Gasteiger partial charge in [0.1, 0.15) is 24.3 Å². The zero-order valence-corrected chi connectivity index (χ0v) is 17.0. The maximum absolute atomic E-state index is 6.16. The summed E-state index contributed by atoms with van der Waals surface area (Å²) in [5.74, 6) is 2.27. The predicted octanol–water partition coefficient (Wildman–Crippen LogP) is 5.75. The summed E-state index contributed by atoms with van der Waals surface area (Å²) in [5.41, 5.74) is 2.49. The van der Waals surface area contributed by atoms with Gasteiger partial charge in [0, 0.05) is 16.1 Å². The third kappa shape index (κ3) is 4.89. The number of rotatable bonds is 8. The largest absolute Gasteiger partial charge is 0.489 e. The van der Waals surface area contributed by atoms with Crippen LogP contribution in [0.1, 0.15) is 43.2 Å². The third-order valence-electron chi connectivity index (χ3n) is 4.83. The number of fused-ring (bicyclic) bond motifs is 1. The molecule has 0 fully saturated rings. The van der Waals surface area contributed by atoms with Gasteiger partial charge < -0.3 is 9.47 Å². The fraction of sp³-hybridized carbons (Fsp3) is 0.364. The van der Waals surface area contributed by atoms with Gasteiger partial charge in [0.25, 0.3) is 0 Å². The molecule has 0 aliphatic carbocycles. The molecule has 0 saturated carbocycles. The minimum atomic E-state index is -0.0170. The summed E-state index contributed by atoms with van der Waals surface area (Å²) in [5, 5.41) is 3.29. The van der Waals surface area contributed by atoms with Gasteiger partial charge in [-0.2, -0.15) is 0 Å². The van der Waals surface area contributed by atoms with Gasteiger partial charge in [0.2, 0.25) is 0 Å². The molecule has 1 aliphatic heterocycles. The minimum absolute atomic E-state index is 0.0170. The average Bonchev–Trinajstić information content (AvgIpc) is 2.68. The first kappa shape index (κ1) is 19.0. The van der Waals surface area contributed by atoms with Gasteiger partial charge in [-0.25, -0.2) is 0 Å².